The second-order valence-corrected chi connectivity index (χ2v) is 10.8. The number of nitrogens with zero attached hydrogens (tertiary/aromatic N) is 1. The van der Waals surface area contributed by atoms with Gasteiger partial charge >= 0.3 is 6.09 Å². The smallest absolute Gasteiger partial charge is 0.416 e. The summed E-state index contributed by atoms with van der Waals surface area (Å²) in [5, 5.41) is 21.7. The number of amides is 1. The van der Waals surface area contributed by atoms with E-state index in [0.717, 1.165) is 27.7 Å². The van der Waals surface area contributed by atoms with Gasteiger partial charge in [-0.2, -0.15) is 0 Å². The molecule has 39 heavy (non-hydrogen) atoms. The lowest BCUT2D eigenvalue weighted by atomic mass is 9.88. The fourth-order valence-corrected chi connectivity index (χ4v) is 5.21. The molecule has 0 saturated heterocycles. The normalized spacial score (nSPS) is 15.3. The maximum Gasteiger partial charge on any atom is 0.416 e. The molecule has 9 heteroatoms. The highest BCUT2D eigenvalue weighted by Crippen LogP contribution is 2.40. The molecule has 0 aliphatic carbocycles. The Morgan fingerprint density at radius 3 is 2.33 bits per heavy atom. The van der Waals surface area contributed by atoms with Gasteiger partial charge in [0.2, 0.25) is 0 Å². The standard InChI is InChI=1S/C30H30Cl2N2O5/c1-2-30(16-35,17-36)18-38-22-8-3-19(4-9-22)28-27-24(25-15-21(32)7-12-26(25)33-27)13-14-34(28)29(37)39-23-10-5-20(31)6-11-23/h3-12,15,28,33,35-36H,2,13-14,16-18H2,1H3. The third-order valence-electron chi connectivity index (χ3n) is 7.50. The summed E-state index contributed by atoms with van der Waals surface area (Å²) in [6.07, 6.45) is 0.756. The summed E-state index contributed by atoms with van der Waals surface area (Å²) in [6, 6.07) is 19.5. The first-order valence-corrected chi connectivity index (χ1v) is 13.6. The van der Waals surface area contributed by atoms with Crippen LogP contribution in [0.25, 0.3) is 10.9 Å². The lowest BCUT2D eigenvalue weighted by molar-refractivity contribution is 0.0114. The van der Waals surface area contributed by atoms with Gasteiger partial charge in [0.05, 0.1) is 25.2 Å². The molecule has 1 amide bonds. The van der Waals surface area contributed by atoms with Crippen molar-refractivity contribution < 1.29 is 24.5 Å². The second-order valence-electron chi connectivity index (χ2n) is 9.90. The van der Waals surface area contributed by atoms with E-state index in [9.17, 15) is 15.0 Å². The highest BCUT2D eigenvalue weighted by atomic mass is 35.5. The Hall–Kier alpha value is -3.23. The average molecular weight is 569 g/mol. The molecule has 1 atom stereocenters. The van der Waals surface area contributed by atoms with Gasteiger partial charge in [0.15, 0.2) is 0 Å². The zero-order valence-electron chi connectivity index (χ0n) is 21.5. The zero-order valence-corrected chi connectivity index (χ0v) is 23.0. The number of H-pyrrole nitrogens is 1. The minimum absolute atomic E-state index is 0.169. The summed E-state index contributed by atoms with van der Waals surface area (Å²) in [5.41, 5.74) is 3.15. The molecule has 1 aliphatic rings. The predicted molar refractivity (Wildman–Crippen MR) is 152 cm³/mol. The second kappa shape index (κ2) is 11.5. The first kappa shape index (κ1) is 27.3. The van der Waals surface area contributed by atoms with E-state index in [1.807, 2.05) is 49.4 Å². The van der Waals surface area contributed by atoms with Gasteiger partial charge in [-0.3, -0.25) is 4.90 Å². The molecular weight excluding hydrogens is 539 g/mol. The van der Waals surface area contributed by atoms with Crippen LogP contribution in [-0.4, -0.2) is 52.6 Å². The van der Waals surface area contributed by atoms with E-state index >= 15 is 0 Å². The predicted octanol–water partition coefficient (Wildman–Crippen LogP) is 6.38. The Labute approximate surface area is 236 Å². The number of fused-ring (bicyclic) bond motifs is 3. The van der Waals surface area contributed by atoms with Crippen LogP contribution >= 0.6 is 23.2 Å². The number of hydrogen-bond donors (Lipinski definition) is 3. The van der Waals surface area contributed by atoms with Crippen LogP contribution in [0, 0.1) is 5.41 Å². The number of aliphatic hydroxyl groups is 2. The molecular formula is C30H30Cl2N2O5. The lowest BCUT2D eigenvalue weighted by Crippen LogP contribution is -2.42. The SMILES string of the molecule is CCC(CO)(CO)COc1ccc(C2c3[nH]c4ccc(Cl)cc4c3CCN2C(=O)Oc2ccc(Cl)cc2)cc1. The van der Waals surface area contributed by atoms with E-state index in [1.54, 1.807) is 29.2 Å². The average Bonchev–Trinajstić information content (AvgIpc) is 3.33. The monoisotopic (exact) mass is 568 g/mol. The molecule has 204 valence electrons. The number of hydrogen-bond acceptors (Lipinski definition) is 5. The van der Waals surface area contributed by atoms with Crippen molar-refractivity contribution in [2.45, 2.75) is 25.8 Å². The number of carbonyl (C=O) groups is 1. The molecule has 1 aliphatic heterocycles. The molecule has 1 aromatic heterocycles. The molecule has 7 nitrogen and oxygen atoms in total. The highest BCUT2D eigenvalue weighted by Gasteiger charge is 2.36. The quantitative estimate of drug-likeness (QED) is 0.229. The zero-order chi connectivity index (χ0) is 27.6. The van der Waals surface area contributed by atoms with Gasteiger partial charge in [-0.1, -0.05) is 42.3 Å². The number of halogens is 2. The molecule has 1 unspecified atom stereocenters. The van der Waals surface area contributed by atoms with Crippen LogP contribution in [-0.2, 0) is 6.42 Å². The van der Waals surface area contributed by atoms with Crippen molar-refractivity contribution in [1.82, 2.24) is 9.88 Å². The van der Waals surface area contributed by atoms with E-state index in [-0.39, 0.29) is 19.8 Å². The summed E-state index contributed by atoms with van der Waals surface area (Å²) in [5.74, 6) is 1.02. The number of aromatic nitrogens is 1. The lowest BCUT2D eigenvalue weighted by Gasteiger charge is -2.35. The van der Waals surface area contributed by atoms with Gasteiger partial charge in [-0.25, -0.2) is 4.79 Å². The molecule has 0 bridgehead atoms. The summed E-state index contributed by atoms with van der Waals surface area (Å²) in [6.45, 7) is 2.21. The minimum atomic E-state index is -0.704. The van der Waals surface area contributed by atoms with Crippen molar-refractivity contribution in [2.75, 3.05) is 26.4 Å². The Bertz CT molecular complexity index is 1440. The van der Waals surface area contributed by atoms with E-state index < -0.39 is 17.6 Å². The van der Waals surface area contributed by atoms with Crippen molar-refractivity contribution in [3.05, 3.63) is 93.6 Å². The van der Waals surface area contributed by atoms with Crippen LogP contribution in [0.15, 0.2) is 66.7 Å². The summed E-state index contributed by atoms with van der Waals surface area (Å²) in [7, 11) is 0. The fourth-order valence-electron chi connectivity index (χ4n) is 4.92. The van der Waals surface area contributed by atoms with Crippen LogP contribution in [0.2, 0.25) is 10.0 Å². The van der Waals surface area contributed by atoms with Gasteiger partial charge < -0.3 is 24.7 Å². The minimum Gasteiger partial charge on any atom is -0.493 e. The summed E-state index contributed by atoms with van der Waals surface area (Å²) < 4.78 is 11.6. The molecule has 5 rings (SSSR count). The molecule has 0 spiro atoms. The number of benzene rings is 3. The van der Waals surface area contributed by atoms with Crippen molar-refractivity contribution in [3.63, 3.8) is 0 Å². The van der Waals surface area contributed by atoms with Gasteiger partial charge in [-0.05, 0) is 78.6 Å². The van der Waals surface area contributed by atoms with Gasteiger partial charge in [-0.15, -0.1) is 0 Å². The maximum atomic E-state index is 13.5. The molecule has 4 aromatic rings. The topological polar surface area (TPSA) is 95.0 Å². The van der Waals surface area contributed by atoms with Crippen molar-refractivity contribution >= 4 is 40.2 Å². The van der Waals surface area contributed by atoms with Crippen molar-refractivity contribution in [2.24, 2.45) is 5.41 Å². The third-order valence-corrected chi connectivity index (χ3v) is 7.99. The number of ether oxygens (including phenoxy) is 2. The summed E-state index contributed by atoms with van der Waals surface area (Å²) in [4.78, 5) is 18.7. The summed E-state index contributed by atoms with van der Waals surface area (Å²) >= 11 is 12.3. The molecule has 2 heterocycles. The van der Waals surface area contributed by atoms with Crippen LogP contribution in [0.4, 0.5) is 4.79 Å². The number of rotatable bonds is 8. The van der Waals surface area contributed by atoms with Crippen LogP contribution in [0.1, 0.15) is 36.2 Å². The Morgan fingerprint density at radius 2 is 1.67 bits per heavy atom. The van der Waals surface area contributed by atoms with Crippen molar-refractivity contribution in [3.8, 4) is 11.5 Å². The van der Waals surface area contributed by atoms with Gasteiger partial charge in [0, 0.05) is 33.2 Å². The molecule has 0 saturated carbocycles. The van der Waals surface area contributed by atoms with Crippen LogP contribution < -0.4 is 9.47 Å². The Balaban J connectivity index is 1.47. The maximum absolute atomic E-state index is 13.5. The first-order chi connectivity index (χ1) is 18.9. The Morgan fingerprint density at radius 1 is 1.00 bits per heavy atom. The van der Waals surface area contributed by atoms with Gasteiger partial charge in [0.1, 0.15) is 17.5 Å². The molecule has 0 fully saturated rings. The molecule has 3 N–H and O–H groups in total. The first-order valence-electron chi connectivity index (χ1n) is 12.8. The number of aliphatic hydroxyl groups excluding tert-OH is 2. The Kier molecular flexibility index (Phi) is 8.05. The van der Waals surface area contributed by atoms with Crippen LogP contribution in [0.3, 0.4) is 0 Å². The molecule has 0 radical (unpaired) electrons. The highest BCUT2D eigenvalue weighted by molar-refractivity contribution is 6.31. The van der Waals surface area contributed by atoms with E-state index in [4.69, 9.17) is 32.7 Å². The van der Waals surface area contributed by atoms with Crippen LogP contribution in [0.5, 0.6) is 11.5 Å². The van der Waals surface area contributed by atoms with E-state index in [1.165, 1.54) is 0 Å². The number of nitrogens with one attached hydrogen (secondary N) is 1. The third kappa shape index (κ3) is 5.58. The van der Waals surface area contributed by atoms with Crippen molar-refractivity contribution in [1.29, 1.82) is 0 Å². The van der Waals surface area contributed by atoms with Gasteiger partial charge in [0.25, 0.3) is 0 Å². The largest absolute Gasteiger partial charge is 0.493 e. The number of aromatic amines is 1. The fraction of sp³-hybridized carbons (Fsp3) is 0.300. The van der Waals surface area contributed by atoms with E-state index in [2.05, 4.69) is 4.98 Å². The molecule has 3 aromatic carbocycles. The number of carbonyl (C=O) groups excluding carboxylic acids is 1. The van der Waals surface area contributed by atoms with E-state index in [0.29, 0.717) is 40.9 Å².